The van der Waals surface area contributed by atoms with Crippen molar-refractivity contribution in [2.75, 3.05) is 44.2 Å². The summed E-state index contributed by atoms with van der Waals surface area (Å²) in [6.07, 6.45) is 0. The van der Waals surface area contributed by atoms with E-state index >= 15 is 0 Å². The fourth-order valence-electron chi connectivity index (χ4n) is 2.84. The first kappa shape index (κ1) is 19.8. The average Bonchev–Trinajstić information content (AvgIpc) is 3.26. The molecule has 1 aliphatic rings. The van der Waals surface area contributed by atoms with Crippen LogP contribution in [0.25, 0.3) is 0 Å². The minimum Gasteiger partial charge on any atom is -0.454 e. The molecule has 0 saturated carbocycles. The molecule has 0 unspecified atom stereocenters. The highest BCUT2D eigenvalue weighted by atomic mass is 32.1. The zero-order valence-corrected chi connectivity index (χ0v) is 15.9. The molecule has 1 saturated heterocycles. The molecule has 1 N–H and O–H groups in total. The van der Waals surface area contributed by atoms with Gasteiger partial charge in [0.2, 0.25) is 0 Å². The van der Waals surface area contributed by atoms with Crippen molar-refractivity contribution in [3.8, 4) is 0 Å². The second kappa shape index (κ2) is 9.32. The van der Waals surface area contributed by atoms with Crippen LogP contribution in [0, 0.1) is 5.82 Å². The number of anilines is 1. The zero-order chi connectivity index (χ0) is 19.9. The molecule has 0 radical (unpaired) electrons. The van der Waals surface area contributed by atoms with E-state index < -0.39 is 5.97 Å². The third-order valence-electron chi connectivity index (χ3n) is 4.32. The van der Waals surface area contributed by atoms with Crippen LogP contribution in [-0.2, 0) is 14.3 Å². The van der Waals surface area contributed by atoms with Gasteiger partial charge < -0.3 is 19.9 Å². The van der Waals surface area contributed by atoms with E-state index in [1.807, 2.05) is 4.90 Å². The lowest BCUT2D eigenvalue weighted by Gasteiger charge is -2.36. The predicted molar refractivity (Wildman–Crippen MR) is 103 cm³/mol. The third kappa shape index (κ3) is 5.07. The van der Waals surface area contributed by atoms with E-state index in [2.05, 4.69) is 5.32 Å². The van der Waals surface area contributed by atoms with Crippen molar-refractivity contribution in [1.82, 2.24) is 10.2 Å². The number of nitrogens with one attached hydrogen (secondary N) is 1. The number of nitrogens with zero attached hydrogens (tertiary/aromatic N) is 2. The number of piperazine rings is 1. The van der Waals surface area contributed by atoms with E-state index in [0.717, 1.165) is 0 Å². The number of carbonyl (C=O) groups excluding carboxylic acids is 3. The Balaban J connectivity index is 1.38. The number of carbonyl (C=O) groups is 3. The van der Waals surface area contributed by atoms with Crippen LogP contribution in [0.15, 0.2) is 41.8 Å². The molecule has 1 aliphatic heterocycles. The minimum absolute atomic E-state index is 0.291. The van der Waals surface area contributed by atoms with E-state index in [9.17, 15) is 18.8 Å². The van der Waals surface area contributed by atoms with Crippen LogP contribution >= 0.6 is 11.3 Å². The predicted octanol–water partition coefficient (Wildman–Crippen LogP) is 1.51. The molecule has 0 bridgehead atoms. The van der Waals surface area contributed by atoms with Crippen LogP contribution in [-0.4, -0.2) is 62.0 Å². The number of amides is 2. The molecule has 148 valence electrons. The van der Waals surface area contributed by atoms with Gasteiger partial charge in [0.15, 0.2) is 6.61 Å². The Hall–Kier alpha value is -2.94. The Bertz CT molecular complexity index is 835. The van der Waals surface area contributed by atoms with Crippen LogP contribution in [0.3, 0.4) is 0 Å². The van der Waals surface area contributed by atoms with Crippen LogP contribution in [0.1, 0.15) is 9.67 Å². The summed E-state index contributed by atoms with van der Waals surface area (Å²) in [5.41, 5.74) is 0.516. The SMILES string of the molecule is O=C(CNC(=O)c1cccs1)OCC(=O)N1CCN(c2ccccc2F)CC1. The minimum atomic E-state index is -0.678. The van der Waals surface area contributed by atoms with Gasteiger partial charge in [0.25, 0.3) is 11.8 Å². The fraction of sp³-hybridized carbons (Fsp3) is 0.316. The summed E-state index contributed by atoms with van der Waals surface area (Å²) in [6.45, 7) is 1.15. The van der Waals surface area contributed by atoms with Gasteiger partial charge in [-0.1, -0.05) is 18.2 Å². The zero-order valence-electron chi connectivity index (χ0n) is 15.1. The molecular formula is C19H20FN3O4S. The summed E-state index contributed by atoms with van der Waals surface area (Å²) in [5, 5.41) is 4.21. The molecule has 2 heterocycles. The highest BCUT2D eigenvalue weighted by Crippen LogP contribution is 2.20. The van der Waals surface area contributed by atoms with Crippen molar-refractivity contribution in [3.05, 3.63) is 52.5 Å². The van der Waals surface area contributed by atoms with E-state index in [1.54, 1.807) is 40.6 Å². The van der Waals surface area contributed by atoms with Gasteiger partial charge in [0.1, 0.15) is 12.4 Å². The highest BCUT2D eigenvalue weighted by molar-refractivity contribution is 7.12. The molecule has 1 aromatic carbocycles. The second-order valence-corrected chi connectivity index (χ2v) is 7.09. The second-order valence-electron chi connectivity index (χ2n) is 6.14. The van der Waals surface area contributed by atoms with Crippen LogP contribution < -0.4 is 10.2 Å². The number of para-hydroxylation sites is 1. The molecule has 1 aromatic heterocycles. The van der Waals surface area contributed by atoms with Crippen LogP contribution in [0.2, 0.25) is 0 Å². The highest BCUT2D eigenvalue weighted by Gasteiger charge is 2.23. The summed E-state index contributed by atoms with van der Waals surface area (Å²) in [7, 11) is 0. The summed E-state index contributed by atoms with van der Waals surface area (Å²) >= 11 is 1.27. The van der Waals surface area contributed by atoms with Gasteiger partial charge in [-0.2, -0.15) is 0 Å². The van der Waals surface area contributed by atoms with Gasteiger partial charge in [-0.3, -0.25) is 14.4 Å². The van der Waals surface area contributed by atoms with Crippen molar-refractivity contribution >= 4 is 34.8 Å². The molecule has 2 amide bonds. The molecule has 1 fully saturated rings. The Morgan fingerprint density at radius 2 is 1.82 bits per heavy atom. The van der Waals surface area contributed by atoms with Gasteiger partial charge in [0, 0.05) is 26.2 Å². The van der Waals surface area contributed by atoms with Gasteiger partial charge in [-0.15, -0.1) is 11.3 Å². The topological polar surface area (TPSA) is 78.9 Å². The Morgan fingerprint density at radius 1 is 1.07 bits per heavy atom. The standard InChI is InChI=1S/C19H20FN3O4S/c20-14-4-1-2-5-15(14)22-7-9-23(10-8-22)17(24)13-27-18(25)12-21-19(26)16-6-3-11-28-16/h1-6,11H,7-10,12-13H2,(H,21,26). The van der Waals surface area contributed by atoms with Gasteiger partial charge in [-0.05, 0) is 23.6 Å². The summed E-state index contributed by atoms with van der Waals surface area (Å²) in [5.74, 6) is -1.64. The molecule has 28 heavy (non-hydrogen) atoms. The average molecular weight is 405 g/mol. The number of rotatable bonds is 6. The van der Waals surface area contributed by atoms with Crippen LogP contribution in [0.5, 0.6) is 0 Å². The monoisotopic (exact) mass is 405 g/mol. The third-order valence-corrected chi connectivity index (χ3v) is 5.19. The summed E-state index contributed by atoms with van der Waals surface area (Å²) in [4.78, 5) is 39.6. The van der Waals surface area contributed by atoms with Gasteiger partial charge >= 0.3 is 5.97 Å². The number of halogens is 1. The van der Waals surface area contributed by atoms with E-state index in [-0.39, 0.29) is 30.8 Å². The molecular weight excluding hydrogens is 385 g/mol. The van der Waals surface area contributed by atoms with Crippen LogP contribution in [0.4, 0.5) is 10.1 Å². The maximum Gasteiger partial charge on any atom is 0.325 e. The molecule has 7 nitrogen and oxygen atoms in total. The van der Waals surface area contributed by atoms with E-state index in [1.165, 1.54) is 17.4 Å². The lowest BCUT2D eigenvalue weighted by Crippen LogP contribution is -2.50. The quantitative estimate of drug-likeness (QED) is 0.737. The molecule has 0 spiro atoms. The number of esters is 1. The lowest BCUT2D eigenvalue weighted by atomic mass is 10.2. The van der Waals surface area contributed by atoms with Gasteiger partial charge in [-0.25, -0.2) is 4.39 Å². The number of benzene rings is 1. The Morgan fingerprint density at radius 3 is 2.50 bits per heavy atom. The van der Waals surface area contributed by atoms with Crippen molar-refractivity contribution in [2.24, 2.45) is 0 Å². The first-order valence-corrected chi connectivity index (χ1v) is 9.67. The molecule has 9 heteroatoms. The first-order valence-electron chi connectivity index (χ1n) is 8.79. The molecule has 2 aromatic rings. The first-order chi connectivity index (χ1) is 13.5. The lowest BCUT2D eigenvalue weighted by molar-refractivity contribution is -0.151. The van der Waals surface area contributed by atoms with Gasteiger partial charge in [0.05, 0.1) is 10.6 Å². The Kier molecular flexibility index (Phi) is 6.59. The number of thiophene rings is 1. The summed E-state index contributed by atoms with van der Waals surface area (Å²) in [6, 6.07) is 9.91. The number of hydrogen-bond donors (Lipinski definition) is 1. The maximum atomic E-state index is 13.8. The Labute approximate surface area is 165 Å². The smallest absolute Gasteiger partial charge is 0.325 e. The number of hydrogen-bond acceptors (Lipinski definition) is 6. The molecule has 0 atom stereocenters. The van der Waals surface area contributed by atoms with Crippen molar-refractivity contribution in [1.29, 1.82) is 0 Å². The normalized spacial score (nSPS) is 13.9. The van der Waals surface area contributed by atoms with Crippen molar-refractivity contribution in [3.63, 3.8) is 0 Å². The maximum absolute atomic E-state index is 13.8. The summed E-state index contributed by atoms with van der Waals surface area (Å²) < 4.78 is 18.8. The largest absolute Gasteiger partial charge is 0.454 e. The number of ether oxygens (including phenoxy) is 1. The van der Waals surface area contributed by atoms with E-state index in [4.69, 9.17) is 4.74 Å². The van der Waals surface area contributed by atoms with Crippen molar-refractivity contribution in [2.45, 2.75) is 0 Å². The van der Waals surface area contributed by atoms with E-state index in [0.29, 0.717) is 36.7 Å². The molecule has 3 rings (SSSR count). The molecule has 0 aliphatic carbocycles. The van der Waals surface area contributed by atoms with Crippen molar-refractivity contribution < 1.29 is 23.5 Å². The fourth-order valence-corrected chi connectivity index (χ4v) is 3.48.